The molecule has 148 valence electrons. The summed E-state index contributed by atoms with van der Waals surface area (Å²) in [4.78, 5) is 41.0. The van der Waals surface area contributed by atoms with Crippen molar-refractivity contribution in [3.05, 3.63) is 72.3 Å². The van der Waals surface area contributed by atoms with Crippen LogP contribution >= 0.6 is 0 Å². The molecule has 4 rings (SSSR count). The number of carbonyl (C=O) groups is 2. The maximum absolute atomic E-state index is 12.8. The quantitative estimate of drug-likeness (QED) is 0.704. The van der Waals surface area contributed by atoms with Crippen LogP contribution in [0.2, 0.25) is 0 Å². The predicted molar refractivity (Wildman–Crippen MR) is 104 cm³/mol. The minimum Gasteiger partial charge on any atom is -0.459 e. The summed E-state index contributed by atoms with van der Waals surface area (Å²) < 4.78 is 5.16. The van der Waals surface area contributed by atoms with E-state index >= 15 is 0 Å². The molecule has 3 aromatic rings. The van der Waals surface area contributed by atoms with E-state index in [2.05, 4.69) is 20.3 Å². The lowest BCUT2D eigenvalue weighted by Gasteiger charge is -2.34. The van der Waals surface area contributed by atoms with E-state index in [0.717, 1.165) is 5.69 Å². The van der Waals surface area contributed by atoms with Gasteiger partial charge in [0.1, 0.15) is 17.8 Å². The number of amides is 2. The van der Waals surface area contributed by atoms with Gasteiger partial charge in [-0.25, -0.2) is 9.97 Å². The summed E-state index contributed by atoms with van der Waals surface area (Å²) in [5.74, 6) is 0.522. The van der Waals surface area contributed by atoms with Gasteiger partial charge in [-0.3, -0.25) is 14.6 Å². The van der Waals surface area contributed by atoms with Gasteiger partial charge in [0.15, 0.2) is 5.76 Å². The van der Waals surface area contributed by atoms with Crippen molar-refractivity contribution in [2.24, 2.45) is 0 Å². The summed E-state index contributed by atoms with van der Waals surface area (Å²) in [7, 11) is 0. The molecular weight excluding hydrogens is 372 g/mol. The Labute approximate surface area is 167 Å². The normalized spacial score (nSPS) is 13.9. The summed E-state index contributed by atoms with van der Waals surface area (Å²) in [5.41, 5.74) is 1.19. The third-order valence-electron chi connectivity index (χ3n) is 4.65. The summed E-state index contributed by atoms with van der Waals surface area (Å²) >= 11 is 0. The molecule has 1 aliphatic heterocycles. The molecule has 29 heavy (non-hydrogen) atoms. The molecule has 4 heterocycles. The summed E-state index contributed by atoms with van der Waals surface area (Å²) in [6.07, 6.45) is 4.56. The van der Waals surface area contributed by atoms with Crippen LogP contribution in [0.3, 0.4) is 0 Å². The maximum Gasteiger partial charge on any atom is 0.289 e. The Morgan fingerprint density at radius 3 is 2.45 bits per heavy atom. The Hall–Kier alpha value is -3.75. The first-order chi connectivity index (χ1) is 14.2. The number of anilines is 1. The van der Waals surface area contributed by atoms with Crippen LogP contribution in [0.1, 0.15) is 26.7 Å². The highest BCUT2D eigenvalue weighted by Crippen LogP contribution is 2.13. The first-order valence-electron chi connectivity index (χ1n) is 9.28. The van der Waals surface area contributed by atoms with E-state index in [4.69, 9.17) is 4.42 Å². The monoisotopic (exact) mass is 392 g/mol. The Balaban J connectivity index is 1.34. The van der Waals surface area contributed by atoms with Crippen molar-refractivity contribution in [3.8, 4) is 0 Å². The van der Waals surface area contributed by atoms with Crippen LogP contribution in [0, 0.1) is 0 Å². The Bertz CT molecular complexity index is 969. The first-order valence-corrected chi connectivity index (χ1v) is 9.28. The molecule has 1 N–H and O–H groups in total. The van der Waals surface area contributed by atoms with Crippen molar-refractivity contribution in [3.63, 3.8) is 0 Å². The molecule has 0 aromatic carbocycles. The van der Waals surface area contributed by atoms with E-state index in [-0.39, 0.29) is 11.8 Å². The van der Waals surface area contributed by atoms with E-state index in [9.17, 15) is 9.59 Å². The second kappa shape index (κ2) is 8.51. The topological polar surface area (TPSA) is 104 Å². The van der Waals surface area contributed by atoms with Crippen LogP contribution in [-0.2, 0) is 6.54 Å². The molecule has 1 saturated heterocycles. The molecule has 0 atom stereocenters. The van der Waals surface area contributed by atoms with Gasteiger partial charge in [-0.05, 0) is 24.3 Å². The third kappa shape index (κ3) is 4.40. The van der Waals surface area contributed by atoms with Gasteiger partial charge in [-0.1, -0.05) is 6.07 Å². The van der Waals surface area contributed by atoms with Crippen LogP contribution in [-0.4, -0.2) is 62.7 Å². The van der Waals surface area contributed by atoms with Crippen LogP contribution in [0.4, 0.5) is 5.82 Å². The van der Waals surface area contributed by atoms with Crippen molar-refractivity contribution in [2.75, 3.05) is 31.5 Å². The van der Waals surface area contributed by atoms with E-state index < -0.39 is 0 Å². The fourth-order valence-corrected chi connectivity index (χ4v) is 3.09. The molecular formula is C20H20N6O3. The number of hydrogen-bond acceptors (Lipinski definition) is 7. The zero-order chi connectivity index (χ0) is 20.1. The van der Waals surface area contributed by atoms with Crippen molar-refractivity contribution in [2.45, 2.75) is 6.54 Å². The average Bonchev–Trinajstić information content (AvgIpc) is 3.33. The Kier molecular flexibility index (Phi) is 5.46. The van der Waals surface area contributed by atoms with Gasteiger partial charge in [0, 0.05) is 38.4 Å². The maximum atomic E-state index is 12.8. The molecule has 0 saturated carbocycles. The highest BCUT2D eigenvalue weighted by molar-refractivity contribution is 5.94. The number of nitrogens with zero attached hydrogens (tertiary/aromatic N) is 5. The van der Waals surface area contributed by atoms with Crippen molar-refractivity contribution in [1.82, 2.24) is 24.8 Å². The number of carbonyl (C=O) groups excluding carboxylic acids is 2. The molecule has 0 radical (unpaired) electrons. The molecule has 9 nitrogen and oxygen atoms in total. The van der Waals surface area contributed by atoms with E-state index in [0.29, 0.717) is 50.0 Å². The van der Waals surface area contributed by atoms with Gasteiger partial charge in [-0.15, -0.1) is 0 Å². The van der Waals surface area contributed by atoms with E-state index in [1.807, 2.05) is 18.2 Å². The standard InChI is InChI=1S/C20H20N6O3/c27-19(25-7-9-26(10-8-25)20(28)17-5-3-11-29-17)16-12-18(24-14-23-16)22-13-15-4-1-2-6-21-15/h1-6,11-12,14H,7-10,13H2,(H,22,23,24). The molecule has 9 heteroatoms. The van der Waals surface area contributed by atoms with Crippen molar-refractivity contribution in [1.29, 1.82) is 0 Å². The van der Waals surface area contributed by atoms with Crippen molar-refractivity contribution >= 4 is 17.6 Å². The minimum absolute atomic E-state index is 0.162. The average molecular weight is 392 g/mol. The van der Waals surface area contributed by atoms with Gasteiger partial charge in [-0.2, -0.15) is 0 Å². The van der Waals surface area contributed by atoms with Gasteiger partial charge in [0.05, 0.1) is 18.5 Å². The van der Waals surface area contributed by atoms with Crippen LogP contribution < -0.4 is 5.32 Å². The smallest absolute Gasteiger partial charge is 0.289 e. The van der Waals surface area contributed by atoms with Crippen LogP contribution in [0.15, 0.2) is 59.6 Å². The molecule has 0 bridgehead atoms. The molecule has 0 aliphatic carbocycles. The number of pyridine rings is 1. The lowest BCUT2D eigenvalue weighted by molar-refractivity contribution is 0.0515. The molecule has 0 spiro atoms. The van der Waals surface area contributed by atoms with E-state index in [1.165, 1.54) is 12.6 Å². The highest BCUT2D eigenvalue weighted by Gasteiger charge is 2.27. The number of hydrogen-bond donors (Lipinski definition) is 1. The lowest BCUT2D eigenvalue weighted by atomic mass is 10.2. The van der Waals surface area contributed by atoms with Gasteiger partial charge in [0.2, 0.25) is 0 Å². The zero-order valence-electron chi connectivity index (χ0n) is 15.7. The second-order valence-corrected chi connectivity index (χ2v) is 6.52. The summed E-state index contributed by atoms with van der Waals surface area (Å²) in [5, 5.41) is 3.15. The predicted octanol–water partition coefficient (Wildman–Crippen LogP) is 1.67. The molecule has 2 amide bonds. The lowest BCUT2D eigenvalue weighted by Crippen LogP contribution is -2.50. The first kappa shape index (κ1) is 18.6. The number of rotatable bonds is 5. The summed E-state index contributed by atoms with van der Waals surface area (Å²) in [6.45, 7) is 2.26. The zero-order valence-corrected chi connectivity index (χ0v) is 15.7. The second-order valence-electron chi connectivity index (χ2n) is 6.52. The van der Waals surface area contributed by atoms with Crippen LogP contribution in [0.25, 0.3) is 0 Å². The molecule has 1 aliphatic rings. The fourth-order valence-electron chi connectivity index (χ4n) is 3.09. The van der Waals surface area contributed by atoms with Gasteiger partial charge >= 0.3 is 0 Å². The summed E-state index contributed by atoms with van der Waals surface area (Å²) in [6, 6.07) is 10.6. The van der Waals surface area contributed by atoms with Crippen molar-refractivity contribution < 1.29 is 14.0 Å². The molecule has 0 unspecified atom stereocenters. The third-order valence-corrected chi connectivity index (χ3v) is 4.65. The SMILES string of the molecule is O=C(c1cc(NCc2ccccn2)ncn1)N1CCN(C(=O)c2ccco2)CC1. The number of nitrogens with one attached hydrogen (secondary N) is 1. The highest BCUT2D eigenvalue weighted by atomic mass is 16.3. The number of piperazine rings is 1. The molecule has 1 fully saturated rings. The number of aromatic nitrogens is 3. The molecule has 3 aromatic heterocycles. The van der Waals surface area contributed by atoms with E-state index in [1.54, 1.807) is 34.2 Å². The van der Waals surface area contributed by atoms with Gasteiger partial charge in [0.25, 0.3) is 11.8 Å². The minimum atomic E-state index is -0.182. The van der Waals surface area contributed by atoms with Gasteiger partial charge < -0.3 is 19.5 Å². The van der Waals surface area contributed by atoms with Crippen LogP contribution in [0.5, 0.6) is 0 Å². The fraction of sp³-hybridized carbons (Fsp3) is 0.250. The largest absolute Gasteiger partial charge is 0.459 e. The Morgan fingerprint density at radius 1 is 0.966 bits per heavy atom. The Morgan fingerprint density at radius 2 is 1.76 bits per heavy atom. The number of furan rings is 1.